The average Bonchev–Trinajstić information content (AvgIpc) is 2.45. The normalized spacial score (nSPS) is 13.5. The van der Waals surface area contributed by atoms with E-state index in [4.69, 9.17) is 0 Å². The summed E-state index contributed by atoms with van der Waals surface area (Å²) in [5.41, 5.74) is 0.632. The SMILES string of the molecule is C1CCCCC1.C=C(C)C(=O)OCCOC(=O)C(=C)C. The van der Waals surface area contributed by atoms with Crippen LogP contribution in [0.15, 0.2) is 24.3 Å². The lowest BCUT2D eigenvalue weighted by Crippen LogP contribution is -2.14. The van der Waals surface area contributed by atoms with E-state index in [1.165, 1.54) is 38.5 Å². The highest BCUT2D eigenvalue weighted by molar-refractivity contribution is 5.87. The summed E-state index contributed by atoms with van der Waals surface area (Å²) in [5.74, 6) is -0.979. The standard InChI is InChI=1S/C10H14O4.C6H12/c1-7(2)9(11)13-5-6-14-10(12)8(3)4;1-2-4-6-5-3-1/h1,3,5-6H2,2,4H3;1-6H2. The quantitative estimate of drug-likeness (QED) is 0.439. The van der Waals surface area contributed by atoms with E-state index in [1.54, 1.807) is 13.8 Å². The predicted molar refractivity (Wildman–Crippen MR) is 79.2 cm³/mol. The van der Waals surface area contributed by atoms with Crippen molar-refractivity contribution in [3.63, 3.8) is 0 Å². The molecule has 20 heavy (non-hydrogen) atoms. The predicted octanol–water partition coefficient (Wildman–Crippen LogP) is 3.57. The average molecular weight is 282 g/mol. The molecular formula is C16H26O4. The molecule has 0 heterocycles. The van der Waals surface area contributed by atoms with E-state index in [0.29, 0.717) is 11.1 Å². The maximum Gasteiger partial charge on any atom is 0.333 e. The monoisotopic (exact) mass is 282 g/mol. The summed E-state index contributed by atoms with van der Waals surface area (Å²) in [5, 5.41) is 0. The Bertz CT molecular complexity index is 301. The molecule has 4 nitrogen and oxygen atoms in total. The molecule has 0 radical (unpaired) electrons. The molecule has 0 aromatic rings. The molecule has 1 aliphatic rings. The fraction of sp³-hybridized carbons (Fsp3) is 0.625. The molecular weight excluding hydrogens is 256 g/mol. The minimum Gasteiger partial charge on any atom is -0.459 e. The zero-order valence-electron chi connectivity index (χ0n) is 12.7. The van der Waals surface area contributed by atoms with Gasteiger partial charge in [0.25, 0.3) is 0 Å². The summed E-state index contributed by atoms with van der Waals surface area (Å²) in [4.78, 5) is 21.7. The van der Waals surface area contributed by atoms with E-state index in [2.05, 4.69) is 22.6 Å². The third-order valence-corrected chi connectivity index (χ3v) is 2.75. The topological polar surface area (TPSA) is 52.6 Å². The summed E-state index contributed by atoms with van der Waals surface area (Å²) in [6, 6.07) is 0. The molecule has 0 atom stereocenters. The van der Waals surface area contributed by atoms with Gasteiger partial charge in [-0.15, -0.1) is 0 Å². The van der Waals surface area contributed by atoms with Gasteiger partial charge in [0.1, 0.15) is 13.2 Å². The Balaban J connectivity index is 0.000000493. The molecule has 1 rings (SSSR count). The van der Waals surface area contributed by atoms with Crippen molar-refractivity contribution in [2.75, 3.05) is 13.2 Å². The lowest BCUT2D eigenvalue weighted by atomic mass is 10.0. The van der Waals surface area contributed by atoms with Crippen LogP contribution < -0.4 is 0 Å². The van der Waals surface area contributed by atoms with Gasteiger partial charge in [-0.3, -0.25) is 0 Å². The van der Waals surface area contributed by atoms with Gasteiger partial charge in [0.05, 0.1) is 0 Å². The van der Waals surface area contributed by atoms with Gasteiger partial charge in [0.15, 0.2) is 0 Å². The second kappa shape index (κ2) is 11.3. The van der Waals surface area contributed by atoms with Crippen LogP contribution in [0.1, 0.15) is 52.4 Å². The van der Waals surface area contributed by atoms with Crippen LogP contribution in [0, 0.1) is 0 Å². The molecule has 0 aliphatic heterocycles. The number of hydrogen-bond acceptors (Lipinski definition) is 4. The summed E-state index contributed by atoms with van der Waals surface area (Å²) < 4.78 is 9.38. The summed E-state index contributed by atoms with van der Waals surface area (Å²) in [6.45, 7) is 9.95. The number of esters is 2. The van der Waals surface area contributed by atoms with Crippen LogP contribution in [0.4, 0.5) is 0 Å². The maximum absolute atomic E-state index is 10.8. The van der Waals surface area contributed by atoms with Crippen molar-refractivity contribution in [3.05, 3.63) is 24.3 Å². The highest BCUT2D eigenvalue weighted by Gasteiger charge is 2.05. The second-order valence-electron chi connectivity index (χ2n) is 4.95. The number of carbonyl (C=O) groups excluding carboxylic acids is 2. The lowest BCUT2D eigenvalue weighted by Gasteiger charge is -2.05. The minimum absolute atomic E-state index is 0.0325. The number of rotatable bonds is 5. The number of hydrogen-bond donors (Lipinski definition) is 0. The molecule has 114 valence electrons. The molecule has 0 spiro atoms. The Morgan fingerprint density at radius 1 is 0.750 bits per heavy atom. The van der Waals surface area contributed by atoms with Crippen LogP contribution in [0.2, 0.25) is 0 Å². The Morgan fingerprint density at radius 3 is 1.20 bits per heavy atom. The van der Waals surface area contributed by atoms with Crippen LogP contribution in [-0.2, 0) is 19.1 Å². The van der Waals surface area contributed by atoms with Crippen LogP contribution >= 0.6 is 0 Å². The van der Waals surface area contributed by atoms with Gasteiger partial charge in [-0.1, -0.05) is 51.7 Å². The van der Waals surface area contributed by atoms with Gasteiger partial charge in [-0.25, -0.2) is 9.59 Å². The van der Waals surface area contributed by atoms with Crippen molar-refractivity contribution in [3.8, 4) is 0 Å². The van der Waals surface area contributed by atoms with E-state index in [9.17, 15) is 9.59 Å². The molecule has 0 unspecified atom stereocenters. The van der Waals surface area contributed by atoms with Crippen LogP contribution in [0.25, 0.3) is 0 Å². The Morgan fingerprint density at radius 2 is 1.00 bits per heavy atom. The molecule has 1 fully saturated rings. The van der Waals surface area contributed by atoms with Crippen molar-refractivity contribution in [2.24, 2.45) is 0 Å². The molecule has 0 aromatic carbocycles. The first-order valence-corrected chi connectivity index (χ1v) is 7.10. The third-order valence-electron chi connectivity index (χ3n) is 2.75. The van der Waals surface area contributed by atoms with Gasteiger partial charge < -0.3 is 9.47 Å². The van der Waals surface area contributed by atoms with Gasteiger partial charge in [0, 0.05) is 11.1 Å². The molecule has 0 N–H and O–H groups in total. The highest BCUT2D eigenvalue weighted by Crippen LogP contribution is 2.15. The number of carbonyl (C=O) groups is 2. The van der Waals surface area contributed by atoms with E-state index in [0.717, 1.165) is 0 Å². The first kappa shape index (κ1) is 18.4. The summed E-state index contributed by atoms with van der Waals surface area (Å²) in [7, 11) is 0. The fourth-order valence-electron chi connectivity index (χ4n) is 1.58. The summed E-state index contributed by atoms with van der Waals surface area (Å²) in [6.07, 6.45) is 9.00. The molecule has 1 saturated carbocycles. The molecule has 0 aromatic heterocycles. The van der Waals surface area contributed by atoms with Crippen molar-refractivity contribution >= 4 is 11.9 Å². The van der Waals surface area contributed by atoms with Crippen LogP contribution in [-0.4, -0.2) is 25.2 Å². The van der Waals surface area contributed by atoms with Crippen molar-refractivity contribution in [2.45, 2.75) is 52.4 Å². The molecule has 0 bridgehead atoms. The minimum atomic E-state index is -0.489. The molecule has 0 amide bonds. The Labute approximate surface area is 121 Å². The highest BCUT2D eigenvalue weighted by atomic mass is 16.6. The van der Waals surface area contributed by atoms with Gasteiger partial charge in [0.2, 0.25) is 0 Å². The maximum atomic E-state index is 10.8. The summed E-state index contributed by atoms with van der Waals surface area (Å²) >= 11 is 0. The van der Waals surface area contributed by atoms with E-state index in [-0.39, 0.29) is 13.2 Å². The van der Waals surface area contributed by atoms with Crippen LogP contribution in [0.5, 0.6) is 0 Å². The van der Waals surface area contributed by atoms with Gasteiger partial charge in [-0.2, -0.15) is 0 Å². The lowest BCUT2D eigenvalue weighted by molar-refractivity contribution is -0.147. The first-order valence-electron chi connectivity index (χ1n) is 7.10. The molecule has 4 heteroatoms. The zero-order valence-corrected chi connectivity index (χ0v) is 12.7. The van der Waals surface area contributed by atoms with E-state index in [1.807, 2.05) is 0 Å². The van der Waals surface area contributed by atoms with Crippen molar-refractivity contribution in [1.82, 2.24) is 0 Å². The third kappa shape index (κ3) is 10.4. The Hall–Kier alpha value is -1.58. The molecule has 0 saturated heterocycles. The first-order chi connectivity index (χ1) is 9.45. The van der Waals surface area contributed by atoms with E-state index < -0.39 is 11.9 Å². The Kier molecular flexibility index (Phi) is 10.4. The second-order valence-corrected chi connectivity index (χ2v) is 4.95. The van der Waals surface area contributed by atoms with Crippen LogP contribution in [0.3, 0.4) is 0 Å². The van der Waals surface area contributed by atoms with Crippen molar-refractivity contribution in [1.29, 1.82) is 0 Å². The number of ether oxygens (including phenoxy) is 2. The van der Waals surface area contributed by atoms with Crippen molar-refractivity contribution < 1.29 is 19.1 Å². The smallest absolute Gasteiger partial charge is 0.333 e. The van der Waals surface area contributed by atoms with Gasteiger partial charge in [-0.05, 0) is 13.8 Å². The van der Waals surface area contributed by atoms with E-state index >= 15 is 0 Å². The molecule has 1 aliphatic carbocycles. The zero-order chi connectivity index (χ0) is 15.4. The fourth-order valence-corrected chi connectivity index (χ4v) is 1.58. The largest absolute Gasteiger partial charge is 0.459 e. The van der Waals surface area contributed by atoms with Gasteiger partial charge >= 0.3 is 11.9 Å².